The van der Waals surface area contributed by atoms with Gasteiger partial charge in [-0.2, -0.15) is 0 Å². The van der Waals surface area contributed by atoms with Crippen LogP contribution >= 0.6 is 11.8 Å². The predicted molar refractivity (Wildman–Crippen MR) is 141 cm³/mol. The van der Waals surface area contributed by atoms with Crippen LogP contribution in [0.15, 0.2) is 70.8 Å². The maximum absolute atomic E-state index is 13.4. The second kappa shape index (κ2) is 10.2. The van der Waals surface area contributed by atoms with Crippen molar-refractivity contribution in [3.63, 3.8) is 0 Å². The molecule has 186 valence electrons. The molecule has 6 rings (SSSR count). The molecule has 36 heavy (non-hydrogen) atoms. The van der Waals surface area contributed by atoms with Crippen molar-refractivity contribution in [2.24, 2.45) is 17.8 Å². The highest BCUT2D eigenvalue weighted by Gasteiger charge is 2.38. The molecule has 1 amide bonds. The fraction of sp³-hybridized carbons (Fsp3) is 0.414. The Morgan fingerprint density at radius 2 is 1.81 bits per heavy atom. The van der Waals surface area contributed by atoms with E-state index in [2.05, 4.69) is 40.0 Å². The number of nitrogens with zero attached hydrogens (tertiary/aromatic N) is 4. The number of anilines is 2. The minimum atomic E-state index is -0.433. The molecule has 2 aliphatic heterocycles. The highest BCUT2D eigenvalue weighted by atomic mass is 32.2. The number of carbonyl (C=O) groups excluding carboxylic acids is 1. The minimum Gasteiger partial charge on any atom is -0.444 e. The predicted octanol–water partition coefficient (Wildman–Crippen LogP) is 6.67. The fourth-order valence-electron chi connectivity index (χ4n) is 6.35. The third kappa shape index (κ3) is 4.62. The largest absolute Gasteiger partial charge is 0.444 e. The molecular formula is C29H32N4O2S. The van der Waals surface area contributed by atoms with Gasteiger partial charge in [-0.1, -0.05) is 67.9 Å². The summed E-state index contributed by atoms with van der Waals surface area (Å²) in [6, 6.07) is 16.2. The number of piperidine rings is 1. The van der Waals surface area contributed by atoms with E-state index >= 15 is 0 Å². The molecule has 1 saturated carbocycles. The van der Waals surface area contributed by atoms with Crippen molar-refractivity contribution in [1.29, 1.82) is 0 Å². The zero-order valence-corrected chi connectivity index (χ0v) is 21.5. The molecule has 2 fully saturated rings. The first-order chi connectivity index (χ1) is 17.7. The number of aromatic nitrogens is 2. The maximum Gasteiger partial charge on any atom is 0.420 e. The summed E-state index contributed by atoms with van der Waals surface area (Å²) in [4.78, 5) is 27.6. The third-order valence-electron chi connectivity index (χ3n) is 7.94. The molecule has 3 aliphatic rings. The van der Waals surface area contributed by atoms with Gasteiger partial charge in [0.15, 0.2) is 5.82 Å². The van der Waals surface area contributed by atoms with Crippen LogP contribution in [0.25, 0.3) is 0 Å². The van der Waals surface area contributed by atoms with Crippen LogP contribution in [0.1, 0.15) is 43.7 Å². The number of benzene rings is 2. The molecule has 0 radical (unpaired) electrons. The highest BCUT2D eigenvalue weighted by Crippen LogP contribution is 2.47. The van der Waals surface area contributed by atoms with Gasteiger partial charge in [-0.25, -0.2) is 19.7 Å². The molecule has 2 bridgehead atoms. The topological polar surface area (TPSA) is 58.6 Å². The molecule has 6 nitrogen and oxygen atoms in total. The molecule has 1 aliphatic carbocycles. The van der Waals surface area contributed by atoms with Crippen LogP contribution in [0.5, 0.6) is 0 Å². The molecule has 1 saturated heterocycles. The number of ether oxygens (including phenoxy) is 1. The summed E-state index contributed by atoms with van der Waals surface area (Å²) < 4.78 is 5.75. The number of carbonyl (C=O) groups is 1. The first-order valence-electron chi connectivity index (χ1n) is 13.0. The molecular weight excluding hydrogens is 468 g/mol. The van der Waals surface area contributed by atoms with Crippen LogP contribution in [-0.4, -0.2) is 34.1 Å². The summed E-state index contributed by atoms with van der Waals surface area (Å²) in [6.45, 7) is 5.83. The van der Waals surface area contributed by atoms with Crippen LogP contribution in [0.4, 0.5) is 16.3 Å². The molecule has 1 aromatic heterocycles. The van der Waals surface area contributed by atoms with Crippen LogP contribution in [0, 0.1) is 17.8 Å². The van der Waals surface area contributed by atoms with Gasteiger partial charge in [0.2, 0.25) is 0 Å². The number of likely N-dealkylation sites (tertiary alicyclic amines) is 1. The van der Waals surface area contributed by atoms with Gasteiger partial charge < -0.3 is 4.74 Å². The molecule has 3 heterocycles. The third-order valence-corrected chi connectivity index (χ3v) is 8.99. The summed E-state index contributed by atoms with van der Waals surface area (Å²) in [5, 5.41) is 0.712. The second-order valence-corrected chi connectivity index (χ2v) is 11.2. The van der Waals surface area contributed by atoms with Gasteiger partial charge in [-0.05, 0) is 53.9 Å². The molecule has 0 spiro atoms. The lowest BCUT2D eigenvalue weighted by Gasteiger charge is -2.47. The van der Waals surface area contributed by atoms with Gasteiger partial charge in [0, 0.05) is 36.9 Å². The molecule has 7 heteroatoms. The Morgan fingerprint density at radius 1 is 1.03 bits per heavy atom. The molecule has 2 unspecified atom stereocenters. The smallest absolute Gasteiger partial charge is 0.420 e. The van der Waals surface area contributed by atoms with Crippen molar-refractivity contribution in [1.82, 2.24) is 14.9 Å². The van der Waals surface area contributed by atoms with E-state index < -0.39 is 6.09 Å². The Kier molecular flexibility index (Phi) is 6.67. The van der Waals surface area contributed by atoms with E-state index in [1.807, 2.05) is 30.3 Å². The highest BCUT2D eigenvalue weighted by molar-refractivity contribution is 7.99. The zero-order chi connectivity index (χ0) is 24.5. The summed E-state index contributed by atoms with van der Waals surface area (Å²) >= 11 is 1.55. The zero-order valence-electron chi connectivity index (χ0n) is 20.7. The van der Waals surface area contributed by atoms with Gasteiger partial charge in [0.25, 0.3) is 0 Å². The standard InChI is InChI=1S/C29H32N4O2S/c1-2-24-22-9-6-10-23(24)18-32(17-22)16-21-11-12-26-25(15-21)33(27-28(36-26)31-14-13-30-27)29(34)35-19-20-7-4-3-5-8-20/h3-5,7-8,11-15,22-24H,2,6,9-10,16-19H2,1H3. The van der Waals surface area contributed by atoms with E-state index in [1.54, 1.807) is 29.1 Å². The number of amides is 1. The van der Waals surface area contributed by atoms with Crippen molar-refractivity contribution in [3.8, 4) is 0 Å². The van der Waals surface area contributed by atoms with Crippen LogP contribution in [0.2, 0.25) is 0 Å². The lowest BCUT2D eigenvalue weighted by Crippen LogP contribution is -2.47. The van der Waals surface area contributed by atoms with Crippen molar-refractivity contribution >= 4 is 29.4 Å². The van der Waals surface area contributed by atoms with Gasteiger partial charge in [-0.3, -0.25) is 4.90 Å². The van der Waals surface area contributed by atoms with E-state index in [0.717, 1.165) is 40.4 Å². The normalized spacial score (nSPS) is 23.0. The number of hydrogen-bond acceptors (Lipinski definition) is 6. The number of rotatable bonds is 5. The van der Waals surface area contributed by atoms with Gasteiger partial charge in [0.05, 0.1) is 5.69 Å². The average molecular weight is 501 g/mol. The van der Waals surface area contributed by atoms with Crippen LogP contribution in [-0.2, 0) is 17.9 Å². The summed E-state index contributed by atoms with van der Waals surface area (Å²) in [6.07, 6.45) is 8.27. The maximum atomic E-state index is 13.4. The summed E-state index contributed by atoms with van der Waals surface area (Å²) in [5.41, 5.74) is 2.99. The molecule has 2 atom stereocenters. The molecule has 3 aromatic rings. The van der Waals surface area contributed by atoms with E-state index in [9.17, 15) is 4.79 Å². The van der Waals surface area contributed by atoms with E-state index in [-0.39, 0.29) is 6.61 Å². The van der Waals surface area contributed by atoms with E-state index in [4.69, 9.17) is 4.74 Å². The lowest BCUT2D eigenvalue weighted by molar-refractivity contribution is 0.0170. The Labute approximate surface area is 217 Å². The van der Waals surface area contributed by atoms with E-state index in [0.29, 0.717) is 10.8 Å². The Hall–Kier alpha value is -2.90. The van der Waals surface area contributed by atoms with Crippen molar-refractivity contribution < 1.29 is 9.53 Å². The quantitative estimate of drug-likeness (QED) is 0.390. The summed E-state index contributed by atoms with van der Waals surface area (Å²) in [5.74, 6) is 3.06. The van der Waals surface area contributed by atoms with Gasteiger partial charge in [-0.15, -0.1) is 0 Å². The Balaban J connectivity index is 1.25. The van der Waals surface area contributed by atoms with Crippen molar-refractivity contribution in [3.05, 3.63) is 72.1 Å². The fourth-order valence-corrected chi connectivity index (χ4v) is 7.30. The van der Waals surface area contributed by atoms with Crippen LogP contribution in [0.3, 0.4) is 0 Å². The first-order valence-corrected chi connectivity index (χ1v) is 13.9. The second-order valence-electron chi connectivity index (χ2n) is 10.2. The minimum absolute atomic E-state index is 0.211. The molecule has 0 N–H and O–H groups in total. The Morgan fingerprint density at radius 3 is 2.58 bits per heavy atom. The van der Waals surface area contributed by atoms with Crippen molar-refractivity contribution in [2.45, 2.75) is 55.7 Å². The SMILES string of the molecule is CCC1C2CCCC1CN(Cc1ccc3c(c1)N(C(=O)OCc1ccccc1)c1nccnc1S3)C2. The monoisotopic (exact) mass is 500 g/mol. The van der Waals surface area contributed by atoms with Gasteiger partial charge >= 0.3 is 6.09 Å². The van der Waals surface area contributed by atoms with Crippen LogP contribution < -0.4 is 4.90 Å². The summed E-state index contributed by atoms with van der Waals surface area (Å²) in [7, 11) is 0. The number of hydrogen-bond donors (Lipinski definition) is 0. The number of fused-ring (bicyclic) bond motifs is 4. The average Bonchev–Trinajstić information content (AvgIpc) is 2.90. The van der Waals surface area contributed by atoms with Crippen molar-refractivity contribution in [2.75, 3.05) is 18.0 Å². The Bertz CT molecular complexity index is 1220. The van der Waals surface area contributed by atoms with Gasteiger partial charge in [0.1, 0.15) is 11.6 Å². The van der Waals surface area contributed by atoms with E-state index in [1.165, 1.54) is 44.3 Å². The first kappa shape index (κ1) is 23.5. The lowest BCUT2D eigenvalue weighted by atomic mass is 9.68. The molecule has 2 aromatic carbocycles.